The van der Waals surface area contributed by atoms with Gasteiger partial charge in [0.2, 0.25) is 11.8 Å². The number of nitrogens with one attached hydrogen (secondary N) is 1. The van der Waals surface area contributed by atoms with Crippen LogP contribution in [0.5, 0.6) is 0 Å². The number of hydrogen-bond donors (Lipinski definition) is 2. The fraction of sp³-hybridized carbons (Fsp3) is 0.846. The molecule has 0 aromatic carbocycles. The van der Waals surface area contributed by atoms with Gasteiger partial charge in [-0.05, 0) is 32.1 Å². The number of carbonyl (C=O) groups excluding carboxylic acids is 2. The predicted octanol–water partition coefficient (Wildman–Crippen LogP) is 0.241. The van der Waals surface area contributed by atoms with Gasteiger partial charge in [0.25, 0.3) is 0 Å². The van der Waals surface area contributed by atoms with Crippen molar-refractivity contribution in [1.29, 1.82) is 0 Å². The van der Waals surface area contributed by atoms with Crippen molar-refractivity contribution in [3.8, 4) is 0 Å². The maximum atomic E-state index is 12.2. The van der Waals surface area contributed by atoms with Crippen LogP contribution in [0.4, 0.5) is 0 Å². The Kier molecular flexibility index (Phi) is 4.22. The van der Waals surface area contributed by atoms with Gasteiger partial charge in [-0.2, -0.15) is 0 Å². The summed E-state index contributed by atoms with van der Waals surface area (Å²) in [6.45, 7) is 2.99. The fourth-order valence-corrected chi connectivity index (χ4v) is 3.01. The number of carbonyl (C=O) groups is 2. The minimum atomic E-state index is -0.330. The van der Waals surface area contributed by atoms with Gasteiger partial charge in [0.15, 0.2) is 0 Å². The number of piperazine rings is 1. The molecule has 1 aliphatic heterocycles. The molecule has 2 amide bonds. The molecular weight excluding hydrogens is 230 g/mol. The van der Waals surface area contributed by atoms with E-state index in [1.54, 1.807) is 11.8 Å². The zero-order valence-corrected chi connectivity index (χ0v) is 11.0. The Morgan fingerprint density at radius 2 is 2.28 bits per heavy atom. The van der Waals surface area contributed by atoms with Crippen molar-refractivity contribution in [2.45, 2.75) is 51.1 Å². The molecule has 3 atom stereocenters. The quantitative estimate of drug-likeness (QED) is 0.740. The summed E-state index contributed by atoms with van der Waals surface area (Å²) < 4.78 is 0. The first kappa shape index (κ1) is 13.3. The van der Waals surface area contributed by atoms with Gasteiger partial charge in [-0.25, -0.2) is 0 Å². The van der Waals surface area contributed by atoms with E-state index in [1.807, 2.05) is 0 Å². The summed E-state index contributed by atoms with van der Waals surface area (Å²) in [5, 5.41) is 2.77. The van der Waals surface area contributed by atoms with E-state index in [0.29, 0.717) is 25.4 Å². The zero-order valence-electron chi connectivity index (χ0n) is 11.0. The molecule has 1 heterocycles. The molecule has 1 saturated carbocycles. The topological polar surface area (TPSA) is 75.4 Å². The van der Waals surface area contributed by atoms with Crippen LogP contribution in [-0.2, 0) is 9.59 Å². The third-order valence-corrected chi connectivity index (χ3v) is 4.11. The Balaban J connectivity index is 1.88. The van der Waals surface area contributed by atoms with Crippen molar-refractivity contribution in [2.75, 3.05) is 13.1 Å². The van der Waals surface area contributed by atoms with Crippen molar-refractivity contribution in [1.82, 2.24) is 10.2 Å². The highest BCUT2D eigenvalue weighted by Gasteiger charge is 2.31. The number of amides is 2. The van der Waals surface area contributed by atoms with E-state index in [-0.39, 0.29) is 23.9 Å². The summed E-state index contributed by atoms with van der Waals surface area (Å²) in [5.41, 5.74) is 5.94. The van der Waals surface area contributed by atoms with Gasteiger partial charge in [-0.1, -0.05) is 6.42 Å². The number of rotatable bonds is 2. The minimum Gasteiger partial charge on any atom is -0.353 e. The first-order valence-corrected chi connectivity index (χ1v) is 6.90. The molecule has 0 aromatic rings. The highest BCUT2D eigenvalue weighted by atomic mass is 16.2. The molecule has 5 nitrogen and oxygen atoms in total. The monoisotopic (exact) mass is 253 g/mol. The van der Waals surface area contributed by atoms with Crippen molar-refractivity contribution in [3.63, 3.8) is 0 Å². The highest BCUT2D eigenvalue weighted by molar-refractivity contribution is 5.88. The molecule has 0 bridgehead atoms. The average Bonchev–Trinajstić information content (AvgIpc) is 2.32. The summed E-state index contributed by atoms with van der Waals surface area (Å²) in [6.07, 6.45) is 4.78. The van der Waals surface area contributed by atoms with Crippen LogP contribution >= 0.6 is 0 Å². The van der Waals surface area contributed by atoms with Crippen LogP contribution in [0.25, 0.3) is 0 Å². The first-order chi connectivity index (χ1) is 8.58. The smallest absolute Gasteiger partial charge is 0.242 e. The molecule has 102 valence electrons. The third kappa shape index (κ3) is 3.02. The zero-order chi connectivity index (χ0) is 13.1. The van der Waals surface area contributed by atoms with Gasteiger partial charge in [0.05, 0.1) is 0 Å². The van der Waals surface area contributed by atoms with Gasteiger partial charge in [0.1, 0.15) is 6.04 Å². The van der Waals surface area contributed by atoms with E-state index in [1.165, 1.54) is 0 Å². The molecule has 0 radical (unpaired) electrons. The molecule has 1 aliphatic carbocycles. The second-order valence-corrected chi connectivity index (χ2v) is 5.55. The molecule has 2 aliphatic rings. The number of hydrogen-bond acceptors (Lipinski definition) is 3. The lowest BCUT2D eigenvalue weighted by Crippen LogP contribution is -2.56. The molecule has 3 N–H and O–H groups in total. The molecule has 2 fully saturated rings. The van der Waals surface area contributed by atoms with Gasteiger partial charge >= 0.3 is 0 Å². The van der Waals surface area contributed by atoms with E-state index < -0.39 is 0 Å². The normalized spacial score (nSPS) is 33.1. The lowest BCUT2D eigenvalue weighted by atomic mass is 9.84. The minimum absolute atomic E-state index is 0.0463. The van der Waals surface area contributed by atoms with Gasteiger partial charge in [-0.15, -0.1) is 0 Å². The summed E-state index contributed by atoms with van der Waals surface area (Å²) in [4.78, 5) is 25.5. The van der Waals surface area contributed by atoms with Crippen LogP contribution in [0.15, 0.2) is 0 Å². The molecule has 5 heteroatoms. The average molecular weight is 253 g/mol. The Morgan fingerprint density at radius 3 is 3.00 bits per heavy atom. The second-order valence-electron chi connectivity index (χ2n) is 5.55. The molecular formula is C13H23N3O2. The van der Waals surface area contributed by atoms with Crippen LogP contribution < -0.4 is 11.1 Å². The van der Waals surface area contributed by atoms with E-state index in [9.17, 15) is 9.59 Å². The number of nitrogens with two attached hydrogens (primary N) is 1. The van der Waals surface area contributed by atoms with E-state index in [0.717, 1.165) is 25.7 Å². The highest BCUT2D eigenvalue weighted by Crippen LogP contribution is 2.26. The molecule has 0 spiro atoms. The standard InChI is InChI=1S/C13H23N3O2/c1-9-13(18)15-5-6-16(9)12(17)8-10-3-2-4-11(14)7-10/h9-11H,2-8,14H2,1H3,(H,15,18). The van der Waals surface area contributed by atoms with Gasteiger partial charge in [-0.3, -0.25) is 9.59 Å². The SMILES string of the molecule is CC1C(=O)NCCN1C(=O)CC1CCCC(N)C1. The largest absolute Gasteiger partial charge is 0.353 e. The summed E-state index contributed by atoms with van der Waals surface area (Å²) >= 11 is 0. The molecule has 0 aromatic heterocycles. The second kappa shape index (κ2) is 5.69. The Bertz CT molecular complexity index is 332. The van der Waals surface area contributed by atoms with Gasteiger partial charge < -0.3 is 16.0 Å². The Hall–Kier alpha value is -1.10. The Labute approximate surface area is 108 Å². The van der Waals surface area contributed by atoms with Crippen LogP contribution in [0, 0.1) is 5.92 Å². The van der Waals surface area contributed by atoms with Crippen LogP contribution in [0.3, 0.4) is 0 Å². The first-order valence-electron chi connectivity index (χ1n) is 6.90. The molecule has 2 rings (SSSR count). The maximum absolute atomic E-state index is 12.2. The molecule has 1 saturated heterocycles. The van der Waals surface area contributed by atoms with Gasteiger partial charge in [0, 0.05) is 25.6 Å². The van der Waals surface area contributed by atoms with Crippen molar-refractivity contribution in [3.05, 3.63) is 0 Å². The maximum Gasteiger partial charge on any atom is 0.242 e. The third-order valence-electron chi connectivity index (χ3n) is 4.11. The summed E-state index contributed by atoms with van der Waals surface area (Å²) in [6, 6.07) is -0.0814. The van der Waals surface area contributed by atoms with E-state index in [2.05, 4.69) is 5.32 Å². The lowest BCUT2D eigenvalue weighted by Gasteiger charge is -2.35. The fourth-order valence-electron chi connectivity index (χ4n) is 3.01. The predicted molar refractivity (Wildman–Crippen MR) is 68.7 cm³/mol. The van der Waals surface area contributed by atoms with E-state index >= 15 is 0 Å². The summed E-state index contributed by atoms with van der Waals surface area (Å²) in [7, 11) is 0. The van der Waals surface area contributed by atoms with Crippen molar-refractivity contribution in [2.24, 2.45) is 11.7 Å². The van der Waals surface area contributed by atoms with E-state index in [4.69, 9.17) is 5.73 Å². The molecule has 3 unspecified atom stereocenters. The summed E-state index contributed by atoms with van der Waals surface area (Å²) in [5.74, 6) is 0.463. The molecule has 18 heavy (non-hydrogen) atoms. The van der Waals surface area contributed by atoms with Crippen LogP contribution in [0.2, 0.25) is 0 Å². The lowest BCUT2D eigenvalue weighted by molar-refractivity contribution is -0.143. The van der Waals surface area contributed by atoms with Crippen LogP contribution in [-0.4, -0.2) is 41.9 Å². The van der Waals surface area contributed by atoms with Crippen LogP contribution in [0.1, 0.15) is 39.0 Å². The number of nitrogens with zero attached hydrogens (tertiary/aromatic N) is 1. The van der Waals surface area contributed by atoms with Crippen molar-refractivity contribution < 1.29 is 9.59 Å². The van der Waals surface area contributed by atoms with Crippen molar-refractivity contribution >= 4 is 11.8 Å². The Morgan fingerprint density at radius 1 is 1.50 bits per heavy atom.